The first-order chi connectivity index (χ1) is 6.29. The number of aromatic nitrogens is 1. The van der Waals surface area contributed by atoms with Crippen molar-refractivity contribution in [3.8, 4) is 9.88 Å². The van der Waals surface area contributed by atoms with E-state index in [9.17, 15) is 10.1 Å². The molecule has 0 aliphatic heterocycles. The predicted molar refractivity (Wildman–Crippen MR) is 52.1 cm³/mol. The predicted octanol–water partition coefficient (Wildman–Crippen LogP) is 2.78. The van der Waals surface area contributed by atoms with Gasteiger partial charge in [0.2, 0.25) is 0 Å². The van der Waals surface area contributed by atoms with E-state index in [1.165, 1.54) is 28.7 Å². The number of thiazole rings is 1. The molecule has 0 atom stereocenters. The lowest BCUT2D eigenvalue weighted by Crippen LogP contribution is -1.86. The zero-order valence-electron chi connectivity index (χ0n) is 6.34. The normalized spacial score (nSPS) is 10.2. The number of thiophene rings is 1. The van der Waals surface area contributed by atoms with Crippen molar-refractivity contribution in [2.24, 2.45) is 0 Å². The van der Waals surface area contributed by atoms with Crippen molar-refractivity contribution in [1.29, 1.82) is 0 Å². The molecule has 0 saturated heterocycles. The van der Waals surface area contributed by atoms with Gasteiger partial charge >= 0.3 is 0 Å². The Hall–Kier alpha value is -1.27. The molecule has 66 valence electrons. The third-order valence-corrected chi connectivity index (χ3v) is 3.30. The molecule has 6 heteroatoms. The molecule has 0 aromatic carbocycles. The summed E-state index contributed by atoms with van der Waals surface area (Å²) >= 11 is 2.75. The second kappa shape index (κ2) is 3.23. The van der Waals surface area contributed by atoms with Gasteiger partial charge in [-0.1, -0.05) is 0 Å². The van der Waals surface area contributed by atoms with E-state index >= 15 is 0 Å². The summed E-state index contributed by atoms with van der Waals surface area (Å²) in [5.41, 5.74) is 0.139. The molecule has 4 nitrogen and oxygen atoms in total. The highest BCUT2D eigenvalue weighted by molar-refractivity contribution is 7.20. The van der Waals surface area contributed by atoms with Crippen molar-refractivity contribution in [2.75, 3.05) is 0 Å². The second-order valence-electron chi connectivity index (χ2n) is 2.23. The maximum Gasteiger partial charge on any atom is 0.290 e. The van der Waals surface area contributed by atoms with Crippen LogP contribution in [0.1, 0.15) is 0 Å². The molecule has 0 saturated carbocycles. The van der Waals surface area contributed by atoms with E-state index in [0.29, 0.717) is 9.88 Å². The van der Waals surface area contributed by atoms with Gasteiger partial charge < -0.3 is 0 Å². The van der Waals surface area contributed by atoms with Gasteiger partial charge in [-0.15, -0.1) is 22.7 Å². The summed E-state index contributed by atoms with van der Waals surface area (Å²) in [6.07, 6.45) is 1.64. The monoisotopic (exact) mass is 212 g/mol. The highest BCUT2D eigenvalue weighted by Gasteiger charge is 2.17. The van der Waals surface area contributed by atoms with Crippen molar-refractivity contribution in [3.05, 3.63) is 33.1 Å². The summed E-state index contributed by atoms with van der Waals surface area (Å²) < 4.78 is 0. The molecule has 2 aromatic heterocycles. The van der Waals surface area contributed by atoms with E-state index in [2.05, 4.69) is 4.98 Å². The van der Waals surface area contributed by atoms with Crippen LogP contribution in [0.4, 0.5) is 5.69 Å². The average molecular weight is 212 g/mol. The summed E-state index contributed by atoms with van der Waals surface area (Å²) in [5, 5.41) is 14.8. The summed E-state index contributed by atoms with van der Waals surface area (Å²) in [5.74, 6) is 0. The van der Waals surface area contributed by atoms with Gasteiger partial charge in [0.15, 0.2) is 0 Å². The first-order valence-corrected chi connectivity index (χ1v) is 5.16. The average Bonchev–Trinajstić information content (AvgIpc) is 2.74. The Labute approximate surface area is 81.6 Å². The number of nitrogens with zero attached hydrogens (tertiary/aromatic N) is 2. The molecule has 0 unspecified atom stereocenters. The lowest BCUT2D eigenvalue weighted by Gasteiger charge is -1.89. The molecular formula is C7H4N2O2S2. The van der Waals surface area contributed by atoms with Gasteiger partial charge in [-0.25, -0.2) is 4.98 Å². The number of hydrogen-bond donors (Lipinski definition) is 0. The Morgan fingerprint density at radius 3 is 2.85 bits per heavy atom. The fraction of sp³-hybridized carbons (Fsp3) is 0. The summed E-state index contributed by atoms with van der Waals surface area (Å²) in [4.78, 5) is 14.9. The Morgan fingerprint density at radius 2 is 2.23 bits per heavy atom. The van der Waals surface area contributed by atoms with Gasteiger partial charge in [-0.2, -0.15) is 0 Å². The second-order valence-corrected chi connectivity index (χ2v) is 4.04. The smallest absolute Gasteiger partial charge is 0.258 e. The van der Waals surface area contributed by atoms with Crippen LogP contribution < -0.4 is 0 Å². The first-order valence-electron chi connectivity index (χ1n) is 3.41. The van der Waals surface area contributed by atoms with Crippen molar-refractivity contribution in [1.82, 2.24) is 4.98 Å². The van der Waals surface area contributed by atoms with Gasteiger partial charge in [0.05, 0.1) is 4.92 Å². The molecule has 2 heterocycles. The quantitative estimate of drug-likeness (QED) is 0.568. The molecule has 2 aromatic rings. The highest BCUT2D eigenvalue weighted by atomic mass is 32.1. The molecule has 0 bridgehead atoms. The molecule has 0 N–H and O–H groups in total. The van der Waals surface area contributed by atoms with Crippen molar-refractivity contribution >= 4 is 28.4 Å². The Morgan fingerprint density at radius 1 is 1.38 bits per heavy atom. The molecule has 0 spiro atoms. The van der Waals surface area contributed by atoms with Crippen LogP contribution in [0.25, 0.3) is 9.88 Å². The van der Waals surface area contributed by atoms with Crippen LogP contribution in [0.15, 0.2) is 23.0 Å². The summed E-state index contributed by atoms with van der Waals surface area (Å²) in [6.45, 7) is 0. The number of hydrogen-bond acceptors (Lipinski definition) is 5. The van der Waals surface area contributed by atoms with E-state index in [1.54, 1.807) is 17.0 Å². The lowest BCUT2D eigenvalue weighted by molar-refractivity contribution is -0.383. The minimum atomic E-state index is -0.382. The van der Waals surface area contributed by atoms with E-state index in [4.69, 9.17) is 0 Å². The Kier molecular flexibility index (Phi) is 2.07. The fourth-order valence-electron chi connectivity index (χ4n) is 0.942. The molecule has 0 amide bonds. The fourth-order valence-corrected chi connectivity index (χ4v) is 2.56. The third kappa shape index (κ3) is 1.45. The molecule has 2 rings (SSSR count). The Balaban J connectivity index is 2.52. The maximum atomic E-state index is 10.6. The van der Waals surface area contributed by atoms with Gasteiger partial charge in [0.1, 0.15) is 9.88 Å². The van der Waals surface area contributed by atoms with Gasteiger partial charge in [0, 0.05) is 17.6 Å². The van der Waals surface area contributed by atoms with E-state index < -0.39 is 0 Å². The van der Waals surface area contributed by atoms with Crippen molar-refractivity contribution in [2.45, 2.75) is 0 Å². The number of nitro groups is 1. The van der Waals surface area contributed by atoms with Gasteiger partial charge in [-0.3, -0.25) is 10.1 Å². The van der Waals surface area contributed by atoms with Crippen LogP contribution >= 0.6 is 22.7 Å². The van der Waals surface area contributed by atoms with E-state index in [0.717, 1.165) is 0 Å². The van der Waals surface area contributed by atoms with Crippen LogP contribution in [0.5, 0.6) is 0 Å². The Bertz CT molecular complexity index is 421. The molecule has 0 aliphatic rings. The van der Waals surface area contributed by atoms with Gasteiger partial charge in [0.25, 0.3) is 5.69 Å². The van der Waals surface area contributed by atoms with Crippen molar-refractivity contribution < 1.29 is 4.92 Å². The van der Waals surface area contributed by atoms with Crippen LogP contribution in [-0.4, -0.2) is 9.91 Å². The standard InChI is InChI=1S/C7H4N2O2S2/c10-9(11)5-1-3-12-6(5)7-8-2-4-13-7/h1-4H. The third-order valence-electron chi connectivity index (χ3n) is 1.47. The largest absolute Gasteiger partial charge is 0.290 e. The summed E-state index contributed by atoms with van der Waals surface area (Å²) in [7, 11) is 0. The molecule has 13 heavy (non-hydrogen) atoms. The minimum absolute atomic E-state index is 0.139. The lowest BCUT2D eigenvalue weighted by atomic mass is 10.4. The topological polar surface area (TPSA) is 56.0 Å². The van der Waals surface area contributed by atoms with Gasteiger partial charge in [-0.05, 0) is 5.38 Å². The van der Waals surface area contributed by atoms with E-state index in [1.807, 2.05) is 0 Å². The summed E-state index contributed by atoms with van der Waals surface area (Å²) in [6, 6.07) is 1.50. The van der Waals surface area contributed by atoms with Crippen LogP contribution in [-0.2, 0) is 0 Å². The zero-order valence-corrected chi connectivity index (χ0v) is 7.97. The van der Waals surface area contributed by atoms with E-state index in [-0.39, 0.29) is 10.6 Å². The molecular weight excluding hydrogens is 208 g/mol. The van der Waals surface area contributed by atoms with Crippen LogP contribution in [0.2, 0.25) is 0 Å². The van der Waals surface area contributed by atoms with Crippen molar-refractivity contribution in [3.63, 3.8) is 0 Å². The number of rotatable bonds is 2. The minimum Gasteiger partial charge on any atom is -0.258 e. The molecule has 0 aliphatic carbocycles. The maximum absolute atomic E-state index is 10.6. The molecule has 0 radical (unpaired) electrons. The zero-order chi connectivity index (χ0) is 9.26. The SMILES string of the molecule is O=[N+]([O-])c1ccsc1-c1nccs1. The first kappa shape index (κ1) is 8.33. The molecule has 0 fully saturated rings. The van der Waals surface area contributed by atoms with Crippen LogP contribution in [0.3, 0.4) is 0 Å². The van der Waals surface area contributed by atoms with Crippen LogP contribution in [0, 0.1) is 10.1 Å². The highest BCUT2D eigenvalue weighted by Crippen LogP contribution is 2.35.